The van der Waals surface area contributed by atoms with Crippen molar-refractivity contribution in [2.75, 3.05) is 74.3 Å². The Hall–Kier alpha value is -3.36. The molecule has 0 radical (unpaired) electrons. The fraction of sp³-hybridized carbons (Fsp3) is 0.346. The second-order valence-corrected chi connectivity index (χ2v) is 9.23. The Bertz CT molecular complexity index is 1370. The van der Waals surface area contributed by atoms with Crippen LogP contribution in [0, 0.1) is 0 Å². The standard InChI is InChI=1S/C26H27ClN6O2/c1-34-19-3-5-22-21(17-19)25(20-4-2-18(27)16-23(20)29-22)32-10-8-31(9-11-32)24-6-7-28-26(30-24)33-12-14-35-15-13-33/h2-7,16-17H,8-15H2,1H3. The third-order valence-corrected chi connectivity index (χ3v) is 6.99. The van der Waals surface area contributed by atoms with Crippen LogP contribution >= 0.6 is 11.6 Å². The summed E-state index contributed by atoms with van der Waals surface area (Å²) in [7, 11) is 1.70. The lowest BCUT2D eigenvalue weighted by Gasteiger charge is -2.38. The first-order chi connectivity index (χ1) is 17.2. The van der Waals surface area contributed by atoms with Crippen LogP contribution in [0.1, 0.15) is 0 Å². The van der Waals surface area contributed by atoms with Crippen molar-refractivity contribution in [2.24, 2.45) is 0 Å². The van der Waals surface area contributed by atoms with Crippen LogP contribution < -0.4 is 19.4 Å². The van der Waals surface area contributed by atoms with Gasteiger partial charge in [0.15, 0.2) is 0 Å². The number of methoxy groups -OCH3 is 1. The number of hydrogen-bond acceptors (Lipinski definition) is 8. The van der Waals surface area contributed by atoms with Crippen molar-refractivity contribution >= 4 is 50.9 Å². The molecule has 0 bridgehead atoms. The lowest BCUT2D eigenvalue weighted by atomic mass is 10.1. The first-order valence-electron chi connectivity index (χ1n) is 11.9. The minimum Gasteiger partial charge on any atom is -0.497 e. The highest BCUT2D eigenvalue weighted by atomic mass is 35.5. The van der Waals surface area contributed by atoms with Crippen molar-refractivity contribution in [2.45, 2.75) is 0 Å². The molecule has 180 valence electrons. The summed E-state index contributed by atoms with van der Waals surface area (Å²) < 4.78 is 11.0. The van der Waals surface area contributed by atoms with Crippen molar-refractivity contribution in [3.8, 4) is 5.75 Å². The fourth-order valence-electron chi connectivity index (χ4n) is 4.93. The summed E-state index contributed by atoms with van der Waals surface area (Å²) >= 11 is 6.31. The van der Waals surface area contributed by atoms with Crippen molar-refractivity contribution in [3.05, 3.63) is 53.7 Å². The molecule has 0 aliphatic carbocycles. The van der Waals surface area contributed by atoms with E-state index in [-0.39, 0.29) is 0 Å². The van der Waals surface area contributed by atoms with Crippen molar-refractivity contribution in [1.82, 2.24) is 15.0 Å². The van der Waals surface area contributed by atoms with E-state index in [1.165, 1.54) is 5.69 Å². The maximum atomic E-state index is 6.31. The molecule has 6 rings (SSSR count). The van der Waals surface area contributed by atoms with Gasteiger partial charge >= 0.3 is 0 Å². The van der Waals surface area contributed by atoms with E-state index in [0.29, 0.717) is 5.02 Å². The smallest absolute Gasteiger partial charge is 0.227 e. The number of rotatable bonds is 4. The van der Waals surface area contributed by atoms with E-state index >= 15 is 0 Å². The molecule has 2 aromatic carbocycles. The highest BCUT2D eigenvalue weighted by Gasteiger charge is 2.23. The number of pyridine rings is 1. The lowest BCUT2D eigenvalue weighted by Crippen LogP contribution is -2.47. The number of aromatic nitrogens is 3. The summed E-state index contributed by atoms with van der Waals surface area (Å²) in [6, 6.07) is 14.0. The normalized spacial score (nSPS) is 16.8. The zero-order chi connectivity index (χ0) is 23.8. The molecule has 0 saturated carbocycles. The van der Waals surface area contributed by atoms with Crippen LogP contribution in [0.5, 0.6) is 5.75 Å². The Morgan fingerprint density at radius 3 is 2.40 bits per heavy atom. The van der Waals surface area contributed by atoms with Gasteiger partial charge in [0.25, 0.3) is 0 Å². The summed E-state index contributed by atoms with van der Waals surface area (Å²) in [5.41, 5.74) is 3.01. The number of piperazine rings is 1. The summed E-state index contributed by atoms with van der Waals surface area (Å²) in [6.45, 7) is 6.55. The van der Waals surface area contributed by atoms with Crippen LogP contribution in [-0.4, -0.2) is 74.5 Å². The van der Waals surface area contributed by atoms with E-state index < -0.39 is 0 Å². The predicted octanol–water partition coefficient (Wildman–Crippen LogP) is 4.00. The number of fused-ring (bicyclic) bond motifs is 2. The number of ether oxygens (including phenoxy) is 2. The summed E-state index contributed by atoms with van der Waals surface area (Å²) in [5, 5.41) is 2.87. The first-order valence-corrected chi connectivity index (χ1v) is 12.3. The van der Waals surface area contributed by atoms with E-state index in [2.05, 4.69) is 31.8 Å². The second kappa shape index (κ2) is 9.36. The van der Waals surface area contributed by atoms with Gasteiger partial charge < -0.3 is 24.2 Å². The fourth-order valence-corrected chi connectivity index (χ4v) is 5.10. The van der Waals surface area contributed by atoms with Gasteiger partial charge in [-0.05, 0) is 42.5 Å². The van der Waals surface area contributed by atoms with Crippen LogP contribution in [0.2, 0.25) is 5.02 Å². The number of morpholine rings is 1. The largest absolute Gasteiger partial charge is 0.497 e. The van der Waals surface area contributed by atoms with Crippen molar-refractivity contribution < 1.29 is 9.47 Å². The van der Waals surface area contributed by atoms with Gasteiger partial charge in [0.2, 0.25) is 5.95 Å². The quantitative estimate of drug-likeness (QED) is 0.398. The highest BCUT2D eigenvalue weighted by Crippen LogP contribution is 2.37. The van der Waals surface area contributed by atoms with Crippen LogP contribution in [0.25, 0.3) is 21.8 Å². The average Bonchev–Trinajstić information content (AvgIpc) is 2.92. The van der Waals surface area contributed by atoms with E-state index in [4.69, 9.17) is 31.0 Å². The van der Waals surface area contributed by atoms with E-state index in [0.717, 1.165) is 91.8 Å². The van der Waals surface area contributed by atoms with Gasteiger partial charge in [-0.25, -0.2) is 9.97 Å². The number of benzene rings is 2. The van der Waals surface area contributed by atoms with Gasteiger partial charge in [-0.2, -0.15) is 4.98 Å². The molecule has 2 aliphatic heterocycles. The van der Waals surface area contributed by atoms with Gasteiger partial charge in [0.1, 0.15) is 11.6 Å². The molecule has 0 spiro atoms. The molecular formula is C26H27ClN6O2. The van der Waals surface area contributed by atoms with Crippen LogP contribution in [0.4, 0.5) is 17.5 Å². The topological polar surface area (TPSA) is 66.9 Å². The van der Waals surface area contributed by atoms with Gasteiger partial charge in [-0.1, -0.05) is 11.6 Å². The summed E-state index contributed by atoms with van der Waals surface area (Å²) in [5.74, 6) is 2.58. The minimum atomic E-state index is 0.688. The molecule has 2 aliphatic rings. The number of hydrogen-bond donors (Lipinski definition) is 0. The molecule has 2 aromatic heterocycles. The molecule has 35 heavy (non-hydrogen) atoms. The van der Waals surface area contributed by atoms with E-state index in [1.54, 1.807) is 7.11 Å². The second-order valence-electron chi connectivity index (χ2n) is 8.79. The van der Waals surface area contributed by atoms with Crippen LogP contribution in [-0.2, 0) is 4.74 Å². The monoisotopic (exact) mass is 490 g/mol. The van der Waals surface area contributed by atoms with Gasteiger partial charge in [0, 0.05) is 61.3 Å². The molecule has 2 fully saturated rings. The maximum absolute atomic E-state index is 6.31. The Morgan fingerprint density at radius 2 is 1.60 bits per heavy atom. The van der Waals surface area contributed by atoms with Gasteiger partial charge in [-0.15, -0.1) is 0 Å². The Labute approximate surface area is 209 Å². The molecule has 0 N–H and O–H groups in total. The number of halogens is 1. The molecule has 4 heterocycles. The molecule has 9 heteroatoms. The molecule has 0 amide bonds. The van der Waals surface area contributed by atoms with Crippen molar-refractivity contribution in [3.63, 3.8) is 0 Å². The maximum Gasteiger partial charge on any atom is 0.227 e. The van der Waals surface area contributed by atoms with Crippen molar-refractivity contribution in [1.29, 1.82) is 0 Å². The Balaban J connectivity index is 1.30. The average molecular weight is 491 g/mol. The highest BCUT2D eigenvalue weighted by molar-refractivity contribution is 6.31. The summed E-state index contributed by atoms with van der Waals surface area (Å²) in [4.78, 5) is 21.2. The zero-order valence-corrected chi connectivity index (χ0v) is 20.4. The van der Waals surface area contributed by atoms with Gasteiger partial charge in [-0.3, -0.25) is 0 Å². The SMILES string of the molecule is COc1ccc2nc3cc(Cl)ccc3c(N3CCN(c4ccnc(N5CCOCC5)n4)CC3)c2c1. The van der Waals surface area contributed by atoms with E-state index in [1.807, 2.05) is 36.5 Å². The molecule has 2 saturated heterocycles. The molecule has 4 aromatic rings. The van der Waals surface area contributed by atoms with Crippen LogP contribution in [0.3, 0.4) is 0 Å². The number of anilines is 3. The zero-order valence-electron chi connectivity index (χ0n) is 19.7. The number of nitrogens with zero attached hydrogens (tertiary/aromatic N) is 6. The minimum absolute atomic E-state index is 0.688. The van der Waals surface area contributed by atoms with E-state index in [9.17, 15) is 0 Å². The Kier molecular flexibility index (Phi) is 5.91. The molecule has 8 nitrogen and oxygen atoms in total. The molecular weight excluding hydrogens is 464 g/mol. The molecule has 0 atom stereocenters. The Morgan fingerprint density at radius 1 is 0.800 bits per heavy atom. The summed E-state index contributed by atoms with van der Waals surface area (Å²) in [6.07, 6.45) is 1.86. The van der Waals surface area contributed by atoms with Gasteiger partial charge in [0.05, 0.1) is 37.0 Å². The third kappa shape index (κ3) is 4.28. The predicted molar refractivity (Wildman–Crippen MR) is 140 cm³/mol. The van der Waals surface area contributed by atoms with Crippen LogP contribution in [0.15, 0.2) is 48.7 Å². The molecule has 0 unspecified atom stereocenters. The lowest BCUT2D eigenvalue weighted by molar-refractivity contribution is 0.122. The first kappa shape index (κ1) is 22.1. The third-order valence-electron chi connectivity index (χ3n) is 6.76.